The molecule has 0 unspecified atom stereocenters. The highest BCUT2D eigenvalue weighted by molar-refractivity contribution is 6.13. The molecule has 1 spiro atoms. The zero-order chi connectivity index (χ0) is 37.9. The van der Waals surface area contributed by atoms with Crippen LogP contribution in [-0.4, -0.2) is 4.57 Å². The summed E-state index contributed by atoms with van der Waals surface area (Å²) in [5, 5.41) is 2.57. The van der Waals surface area contributed by atoms with Gasteiger partial charge in [0.15, 0.2) is 0 Å². The highest BCUT2D eigenvalue weighted by atomic mass is 15.2. The lowest BCUT2D eigenvalue weighted by Gasteiger charge is -2.37. The third-order valence-electron chi connectivity index (χ3n) is 12.7. The molecule has 9 aromatic rings. The van der Waals surface area contributed by atoms with Crippen molar-refractivity contribution in [3.05, 3.63) is 222 Å². The number of hydrogen-bond acceptors (Lipinski definition) is 2. The van der Waals surface area contributed by atoms with Crippen molar-refractivity contribution in [2.45, 2.75) is 38.0 Å². The van der Waals surface area contributed by atoms with E-state index >= 15 is 0 Å². The Labute approximate surface area is 334 Å². The van der Waals surface area contributed by atoms with Crippen molar-refractivity contribution >= 4 is 55.9 Å². The van der Waals surface area contributed by atoms with Gasteiger partial charge in [-0.25, -0.2) is 0 Å². The van der Waals surface area contributed by atoms with Crippen LogP contribution in [0, 0.1) is 6.92 Å². The molecule has 0 fully saturated rings. The van der Waals surface area contributed by atoms with Gasteiger partial charge in [0, 0.05) is 44.6 Å². The summed E-state index contributed by atoms with van der Waals surface area (Å²) < 4.78 is 2.42. The highest BCUT2D eigenvalue weighted by Gasteiger charge is 2.49. The van der Waals surface area contributed by atoms with Crippen molar-refractivity contribution in [2.24, 2.45) is 0 Å². The van der Waals surface area contributed by atoms with Crippen LogP contribution < -0.4 is 9.80 Å². The largest absolute Gasteiger partial charge is 0.310 e. The van der Waals surface area contributed by atoms with Gasteiger partial charge in [-0.3, -0.25) is 0 Å². The lowest BCUT2D eigenvalue weighted by molar-refractivity contribution is 0.508. The fourth-order valence-corrected chi connectivity index (χ4v) is 10.4. The van der Waals surface area contributed by atoms with Crippen LogP contribution in [0.5, 0.6) is 0 Å². The summed E-state index contributed by atoms with van der Waals surface area (Å²) in [5.41, 5.74) is 17.9. The highest BCUT2D eigenvalue weighted by Crippen LogP contribution is 2.60. The van der Waals surface area contributed by atoms with E-state index in [0.29, 0.717) is 0 Å². The molecule has 1 heterocycles. The number of hydrogen-bond donors (Lipinski definition) is 0. The molecule has 1 aromatic heterocycles. The molecule has 3 nitrogen and oxygen atoms in total. The number of benzene rings is 8. The van der Waals surface area contributed by atoms with E-state index in [9.17, 15) is 0 Å². The number of aryl methyl sites for hydroxylation is 3. The quantitative estimate of drug-likeness (QED) is 0.162. The second-order valence-corrected chi connectivity index (χ2v) is 15.7. The van der Waals surface area contributed by atoms with Gasteiger partial charge in [-0.1, -0.05) is 115 Å². The Bertz CT molecular complexity index is 2870. The second-order valence-electron chi connectivity index (χ2n) is 15.7. The Morgan fingerprint density at radius 3 is 1.49 bits per heavy atom. The Morgan fingerprint density at radius 1 is 0.421 bits per heavy atom. The van der Waals surface area contributed by atoms with Crippen molar-refractivity contribution in [1.29, 1.82) is 0 Å². The number of anilines is 6. The molecule has 2 aliphatic rings. The predicted molar refractivity (Wildman–Crippen MR) is 239 cm³/mol. The van der Waals surface area contributed by atoms with Gasteiger partial charge in [0.2, 0.25) is 0 Å². The molecule has 11 rings (SSSR count). The molecule has 1 atom stereocenters. The van der Waals surface area contributed by atoms with E-state index in [0.717, 1.165) is 25.7 Å². The molecule has 0 N–H and O–H groups in total. The van der Waals surface area contributed by atoms with Crippen molar-refractivity contribution < 1.29 is 0 Å². The van der Waals surface area contributed by atoms with Crippen LogP contribution in [-0.2, 0) is 18.3 Å². The summed E-state index contributed by atoms with van der Waals surface area (Å²) in [6, 6.07) is 71.3. The second kappa shape index (κ2) is 13.4. The minimum absolute atomic E-state index is 0.145. The average molecular weight is 734 g/mol. The van der Waals surface area contributed by atoms with Gasteiger partial charge in [-0.2, -0.15) is 0 Å². The van der Waals surface area contributed by atoms with E-state index in [1.807, 2.05) is 0 Å². The van der Waals surface area contributed by atoms with E-state index in [2.05, 4.69) is 215 Å². The maximum absolute atomic E-state index is 2.57. The Balaban J connectivity index is 1.15. The Morgan fingerprint density at radius 2 is 0.912 bits per heavy atom. The summed E-state index contributed by atoms with van der Waals surface area (Å²) in [5.74, 6) is 0. The zero-order valence-corrected chi connectivity index (χ0v) is 32.1. The van der Waals surface area contributed by atoms with Crippen molar-refractivity contribution in [2.75, 3.05) is 9.80 Å². The molecule has 0 bridgehead atoms. The molecular formula is C54H43N3. The van der Waals surface area contributed by atoms with Crippen LogP contribution in [0.2, 0.25) is 0 Å². The first-order valence-corrected chi connectivity index (χ1v) is 20.3. The van der Waals surface area contributed by atoms with Gasteiger partial charge in [-0.05, 0) is 139 Å². The fraction of sp³-hybridized carbons (Fsp3) is 0.111. The lowest BCUT2D eigenvalue weighted by atomic mass is 9.74. The first-order chi connectivity index (χ1) is 28.2. The maximum atomic E-state index is 2.57. The van der Waals surface area contributed by atoms with Crippen LogP contribution in [0.3, 0.4) is 0 Å². The summed E-state index contributed by atoms with van der Waals surface area (Å²) in [6.07, 6.45) is 4.29. The Kier molecular flexibility index (Phi) is 7.89. The van der Waals surface area contributed by atoms with Crippen LogP contribution in [0.1, 0.15) is 40.7 Å². The molecule has 0 saturated heterocycles. The molecule has 0 aliphatic heterocycles. The molecule has 57 heavy (non-hydrogen) atoms. The third kappa shape index (κ3) is 5.19. The van der Waals surface area contributed by atoms with E-state index in [1.165, 1.54) is 89.4 Å². The summed E-state index contributed by atoms with van der Waals surface area (Å²) in [4.78, 5) is 5.06. The van der Waals surface area contributed by atoms with Crippen LogP contribution >= 0.6 is 0 Å². The number of nitrogens with zero attached hydrogens (tertiary/aromatic N) is 3. The summed E-state index contributed by atoms with van der Waals surface area (Å²) in [6.45, 7) is 2.33. The number of aromatic nitrogens is 1. The van der Waals surface area contributed by atoms with Crippen molar-refractivity contribution in [3.63, 3.8) is 0 Å². The molecule has 274 valence electrons. The smallest absolute Gasteiger partial charge is 0.0545 e. The van der Waals surface area contributed by atoms with E-state index in [-0.39, 0.29) is 5.41 Å². The fourth-order valence-electron chi connectivity index (χ4n) is 10.4. The molecule has 0 radical (unpaired) electrons. The molecule has 0 amide bonds. The summed E-state index contributed by atoms with van der Waals surface area (Å²) in [7, 11) is 0. The van der Waals surface area contributed by atoms with Crippen LogP contribution in [0.4, 0.5) is 34.1 Å². The molecular weight excluding hydrogens is 691 g/mol. The van der Waals surface area contributed by atoms with Gasteiger partial charge in [-0.15, -0.1) is 0 Å². The van der Waals surface area contributed by atoms with E-state index < -0.39 is 0 Å². The Hall–Kier alpha value is -6.84. The number of para-hydroxylation sites is 5. The first-order valence-electron chi connectivity index (χ1n) is 20.3. The zero-order valence-electron chi connectivity index (χ0n) is 32.1. The molecule has 0 saturated carbocycles. The van der Waals surface area contributed by atoms with Gasteiger partial charge in [0.05, 0.1) is 22.4 Å². The van der Waals surface area contributed by atoms with Gasteiger partial charge >= 0.3 is 0 Å². The van der Waals surface area contributed by atoms with E-state index in [1.54, 1.807) is 0 Å². The van der Waals surface area contributed by atoms with Crippen LogP contribution in [0.15, 0.2) is 194 Å². The SMILES string of the molecule is Cc1c(N(c2ccccc2)c2cccc3c2[C@]2(CCc4cccc(N(c5ccccc5)c5ccccc5)c42)CC3)ccc2c1c1ccccc1n2-c1ccccc1. The third-order valence-corrected chi connectivity index (χ3v) is 12.7. The van der Waals surface area contributed by atoms with Gasteiger partial charge in [0.1, 0.15) is 0 Å². The topological polar surface area (TPSA) is 11.4 Å². The maximum Gasteiger partial charge on any atom is 0.0545 e. The van der Waals surface area contributed by atoms with Crippen molar-refractivity contribution in [1.82, 2.24) is 4.57 Å². The average Bonchev–Trinajstić information content (AvgIpc) is 3.96. The standard InChI is InChI=1S/C54H43N3/c1-38-46(32-33-48-51(38)45-28-14-15-29-47(45)57(48)44-26-12-5-13-27-44)56(43-24-10-4-11-25-43)50-31-17-19-40-35-37-54(53(40)50)36-34-39-18-16-30-49(52(39)54)55(41-20-6-2-7-21-41)42-22-8-3-9-23-42/h2-33H,34-37H2,1H3/t54-/m1/s1. The van der Waals surface area contributed by atoms with Crippen LogP contribution in [0.25, 0.3) is 27.5 Å². The predicted octanol–water partition coefficient (Wildman–Crippen LogP) is 14.2. The number of rotatable bonds is 7. The monoisotopic (exact) mass is 733 g/mol. The molecule has 3 heteroatoms. The minimum Gasteiger partial charge on any atom is -0.310 e. The van der Waals surface area contributed by atoms with Gasteiger partial charge < -0.3 is 14.4 Å². The van der Waals surface area contributed by atoms with Crippen molar-refractivity contribution in [3.8, 4) is 5.69 Å². The first kappa shape index (κ1) is 33.5. The molecule has 8 aromatic carbocycles. The minimum atomic E-state index is -0.145. The van der Waals surface area contributed by atoms with E-state index in [4.69, 9.17) is 0 Å². The number of fused-ring (bicyclic) bond motifs is 7. The van der Waals surface area contributed by atoms with Gasteiger partial charge in [0.25, 0.3) is 0 Å². The lowest BCUT2D eigenvalue weighted by Crippen LogP contribution is -2.27. The normalized spacial score (nSPS) is 15.6. The molecule has 2 aliphatic carbocycles. The summed E-state index contributed by atoms with van der Waals surface area (Å²) >= 11 is 0.